The van der Waals surface area contributed by atoms with E-state index in [9.17, 15) is 9.59 Å². The predicted octanol–water partition coefficient (Wildman–Crippen LogP) is 1.92. The summed E-state index contributed by atoms with van der Waals surface area (Å²) in [5.74, 6) is -0.612. The lowest BCUT2D eigenvalue weighted by Gasteiger charge is -2.27. The van der Waals surface area contributed by atoms with Crippen LogP contribution >= 0.6 is 0 Å². The summed E-state index contributed by atoms with van der Waals surface area (Å²) >= 11 is 0. The molecule has 0 amide bonds. The first-order chi connectivity index (χ1) is 6.88. The van der Waals surface area contributed by atoms with Gasteiger partial charge < -0.3 is 9.47 Å². The molecule has 0 aliphatic rings. The molecule has 4 nitrogen and oxygen atoms in total. The van der Waals surface area contributed by atoms with Gasteiger partial charge in [-0.2, -0.15) is 0 Å². The molecule has 3 unspecified atom stereocenters. The maximum absolute atomic E-state index is 10.8. The van der Waals surface area contributed by atoms with Crippen LogP contribution < -0.4 is 0 Å². The molecule has 0 N–H and O–H groups in total. The van der Waals surface area contributed by atoms with E-state index >= 15 is 0 Å². The largest absolute Gasteiger partial charge is 0.462 e. The van der Waals surface area contributed by atoms with Gasteiger partial charge in [-0.25, -0.2) is 0 Å². The van der Waals surface area contributed by atoms with Gasteiger partial charge in [0.1, 0.15) is 12.2 Å². The molecule has 88 valence electrons. The third kappa shape index (κ3) is 5.40. The van der Waals surface area contributed by atoms with E-state index in [1.807, 2.05) is 13.8 Å². The van der Waals surface area contributed by atoms with Crippen molar-refractivity contribution in [3.05, 3.63) is 0 Å². The van der Waals surface area contributed by atoms with Gasteiger partial charge in [-0.3, -0.25) is 9.59 Å². The molecule has 0 aliphatic heterocycles. The molecule has 0 aromatic carbocycles. The van der Waals surface area contributed by atoms with E-state index in [4.69, 9.17) is 9.47 Å². The van der Waals surface area contributed by atoms with Crippen LogP contribution in [-0.4, -0.2) is 24.1 Å². The van der Waals surface area contributed by atoms with E-state index in [0.29, 0.717) is 6.42 Å². The Morgan fingerprint density at radius 1 is 1.07 bits per heavy atom. The summed E-state index contributed by atoms with van der Waals surface area (Å²) in [5.41, 5.74) is 0. The lowest BCUT2D eigenvalue weighted by Crippen LogP contribution is -2.33. The molecule has 0 saturated carbocycles. The Bertz CT molecular complexity index is 225. The number of carbonyl (C=O) groups is 2. The number of hydrogen-bond acceptors (Lipinski definition) is 4. The van der Waals surface area contributed by atoms with Gasteiger partial charge in [0, 0.05) is 19.8 Å². The molecule has 0 rings (SSSR count). The van der Waals surface area contributed by atoms with Gasteiger partial charge in [0.2, 0.25) is 0 Å². The highest BCUT2D eigenvalue weighted by Crippen LogP contribution is 2.18. The van der Waals surface area contributed by atoms with Gasteiger partial charge >= 0.3 is 11.9 Å². The number of carbonyl (C=O) groups excluding carboxylic acids is 2. The third-order valence-corrected chi connectivity index (χ3v) is 2.40. The van der Waals surface area contributed by atoms with Gasteiger partial charge in [0.25, 0.3) is 0 Å². The van der Waals surface area contributed by atoms with Gasteiger partial charge in [0.15, 0.2) is 0 Å². The van der Waals surface area contributed by atoms with Crippen molar-refractivity contribution in [3.63, 3.8) is 0 Å². The normalized spacial score (nSPS) is 16.3. The van der Waals surface area contributed by atoms with Crippen LogP contribution in [0.5, 0.6) is 0 Å². The van der Waals surface area contributed by atoms with E-state index in [1.54, 1.807) is 6.92 Å². The summed E-state index contributed by atoms with van der Waals surface area (Å²) in [6.07, 6.45) is 0.274. The number of esters is 2. The Morgan fingerprint density at radius 3 is 1.87 bits per heavy atom. The molecule has 3 atom stereocenters. The Morgan fingerprint density at radius 2 is 1.53 bits per heavy atom. The number of ether oxygens (including phenoxy) is 2. The predicted molar refractivity (Wildman–Crippen MR) is 56.2 cm³/mol. The molecular weight excluding hydrogens is 196 g/mol. The summed E-state index contributed by atoms with van der Waals surface area (Å²) in [6.45, 7) is 8.40. The third-order valence-electron chi connectivity index (χ3n) is 2.40. The minimum absolute atomic E-state index is 0.00259. The van der Waals surface area contributed by atoms with Crippen LogP contribution in [0.15, 0.2) is 0 Å². The Labute approximate surface area is 90.9 Å². The summed E-state index contributed by atoms with van der Waals surface area (Å²) in [7, 11) is 0. The lowest BCUT2D eigenvalue weighted by molar-refractivity contribution is -0.157. The Kier molecular flexibility index (Phi) is 5.97. The van der Waals surface area contributed by atoms with Gasteiger partial charge in [-0.05, 0) is 13.3 Å². The Hall–Kier alpha value is -1.06. The van der Waals surface area contributed by atoms with Crippen molar-refractivity contribution in [1.29, 1.82) is 0 Å². The van der Waals surface area contributed by atoms with Crippen LogP contribution in [0.3, 0.4) is 0 Å². The highest BCUT2D eigenvalue weighted by Gasteiger charge is 2.25. The number of hydrogen-bond donors (Lipinski definition) is 0. The second kappa shape index (κ2) is 6.43. The zero-order chi connectivity index (χ0) is 12.0. The SMILES string of the molecule is CCC(OC(C)=O)C(C)C(C)OC(C)=O. The highest BCUT2D eigenvalue weighted by molar-refractivity contribution is 5.66. The monoisotopic (exact) mass is 216 g/mol. The molecule has 0 saturated heterocycles. The second-order valence-electron chi connectivity index (χ2n) is 3.73. The van der Waals surface area contributed by atoms with E-state index in [1.165, 1.54) is 13.8 Å². The smallest absolute Gasteiger partial charge is 0.302 e. The number of rotatable bonds is 5. The molecule has 0 radical (unpaired) electrons. The van der Waals surface area contributed by atoms with Crippen molar-refractivity contribution in [1.82, 2.24) is 0 Å². The summed E-state index contributed by atoms with van der Waals surface area (Å²) < 4.78 is 10.2. The first-order valence-corrected chi connectivity index (χ1v) is 5.22. The lowest BCUT2D eigenvalue weighted by atomic mass is 9.97. The summed E-state index contributed by atoms with van der Waals surface area (Å²) in [6, 6.07) is 0. The van der Waals surface area contributed by atoms with Crippen molar-refractivity contribution in [2.45, 2.75) is 53.2 Å². The fourth-order valence-corrected chi connectivity index (χ4v) is 1.45. The first-order valence-electron chi connectivity index (χ1n) is 5.22. The molecule has 0 fully saturated rings. The Balaban J connectivity index is 4.29. The zero-order valence-electron chi connectivity index (χ0n) is 10.1. The maximum atomic E-state index is 10.8. The summed E-state index contributed by atoms with van der Waals surface area (Å²) in [4.78, 5) is 21.6. The molecule has 4 heteroatoms. The van der Waals surface area contributed by atoms with Crippen LogP contribution in [0, 0.1) is 5.92 Å². The molecule has 0 heterocycles. The fourth-order valence-electron chi connectivity index (χ4n) is 1.45. The molecule has 0 aromatic rings. The van der Waals surface area contributed by atoms with E-state index < -0.39 is 0 Å². The van der Waals surface area contributed by atoms with Crippen LogP contribution in [-0.2, 0) is 19.1 Å². The van der Waals surface area contributed by atoms with Crippen LogP contribution in [0.4, 0.5) is 0 Å². The quantitative estimate of drug-likeness (QED) is 0.659. The molecule has 15 heavy (non-hydrogen) atoms. The first kappa shape index (κ1) is 13.9. The molecular formula is C11H20O4. The standard InChI is InChI=1S/C11H20O4/c1-6-11(15-10(5)13)7(2)8(3)14-9(4)12/h7-8,11H,6H2,1-5H3. The van der Waals surface area contributed by atoms with Crippen LogP contribution in [0.1, 0.15) is 41.0 Å². The molecule has 0 bridgehead atoms. The molecule has 0 spiro atoms. The van der Waals surface area contributed by atoms with Crippen molar-refractivity contribution in [2.24, 2.45) is 5.92 Å². The van der Waals surface area contributed by atoms with E-state index in [2.05, 4.69) is 0 Å². The fraction of sp³-hybridized carbons (Fsp3) is 0.818. The van der Waals surface area contributed by atoms with Crippen molar-refractivity contribution < 1.29 is 19.1 Å². The van der Waals surface area contributed by atoms with E-state index in [-0.39, 0.29) is 30.1 Å². The van der Waals surface area contributed by atoms with Crippen LogP contribution in [0.2, 0.25) is 0 Å². The average molecular weight is 216 g/mol. The van der Waals surface area contributed by atoms with E-state index in [0.717, 1.165) is 0 Å². The van der Waals surface area contributed by atoms with Crippen LogP contribution in [0.25, 0.3) is 0 Å². The minimum atomic E-state index is -0.313. The van der Waals surface area contributed by atoms with Crippen molar-refractivity contribution >= 4 is 11.9 Å². The zero-order valence-corrected chi connectivity index (χ0v) is 10.1. The second-order valence-corrected chi connectivity index (χ2v) is 3.73. The molecule has 0 aromatic heterocycles. The summed E-state index contributed by atoms with van der Waals surface area (Å²) in [5, 5.41) is 0. The highest BCUT2D eigenvalue weighted by atomic mass is 16.6. The average Bonchev–Trinajstić information content (AvgIpc) is 2.11. The van der Waals surface area contributed by atoms with Crippen molar-refractivity contribution in [2.75, 3.05) is 0 Å². The van der Waals surface area contributed by atoms with Gasteiger partial charge in [0.05, 0.1) is 0 Å². The topological polar surface area (TPSA) is 52.6 Å². The van der Waals surface area contributed by atoms with Gasteiger partial charge in [-0.1, -0.05) is 13.8 Å². The van der Waals surface area contributed by atoms with Gasteiger partial charge in [-0.15, -0.1) is 0 Å². The van der Waals surface area contributed by atoms with Crippen molar-refractivity contribution in [3.8, 4) is 0 Å². The molecule has 0 aliphatic carbocycles. The minimum Gasteiger partial charge on any atom is -0.462 e. The maximum Gasteiger partial charge on any atom is 0.302 e.